The molecule has 0 saturated carbocycles. The van der Waals surface area contributed by atoms with Gasteiger partial charge in [-0.1, -0.05) is 29.4 Å². The first-order valence-corrected chi connectivity index (χ1v) is 8.87. The van der Waals surface area contributed by atoms with Crippen LogP contribution in [0, 0.1) is 0 Å². The number of ether oxygens (including phenoxy) is 1. The van der Waals surface area contributed by atoms with Gasteiger partial charge in [0, 0.05) is 21.8 Å². The number of thioether (sulfide) groups is 1. The third kappa shape index (κ3) is 2.76. The van der Waals surface area contributed by atoms with E-state index in [9.17, 15) is 9.59 Å². The highest BCUT2D eigenvalue weighted by Crippen LogP contribution is 2.42. The van der Waals surface area contributed by atoms with Crippen molar-refractivity contribution in [1.82, 2.24) is 5.16 Å². The molecule has 0 bridgehead atoms. The molecule has 6 nitrogen and oxygen atoms in total. The summed E-state index contributed by atoms with van der Waals surface area (Å²) in [5, 5.41) is 6.70. The van der Waals surface area contributed by atoms with Crippen LogP contribution in [0.25, 0.3) is 11.3 Å². The molecule has 0 fully saturated rings. The molecule has 130 valence electrons. The van der Waals surface area contributed by atoms with Crippen molar-refractivity contribution in [2.75, 3.05) is 12.4 Å². The van der Waals surface area contributed by atoms with E-state index in [1.165, 1.54) is 7.11 Å². The topological polar surface area (TPSA) is 81.4 Å². The standard InChI is InChI=1S/C19H14N2O4S/c1-24-19(23)11-6-2-4-8-14(11)20-18(22)16-13-10-26-15-9-5-3-7-12(15)17(13)25-21-16/h2-9H,10H2,1H3,(H,20,22). The van der Waals surface area contributed by atoms with Gasteiger partial charge in [-0.3, -0.25) is 4.79 Å². The molecule has 1 aromatic heterocycles. The number of nitrogens with zero attached hydrogens (tertiary/aromatic N) is 1. The van der Waals surface area contributed by atoms with Crippen molar-refractivity contribution in [2.45, 2.75) is 10.6 Å². The van der Waals surface area contributed by atoms with E-state index in [0.29, 0.717) is 17.2 Å². The maximum atomic E-state index is 12.7. The lowest BCUT2D eigenvalue weighted by Crippen LogP contribution is -2.17. The number of esters is 1. The molecule has 0 radical (unpaired) electrons. The van der Waals surface area contributed by atoms with E-state index in [0.717, 1.165) is 16.0 Å². The lowest BCUT2D eigenvalue weighted by atomic mass is 10.1. The van der Waals surface area contributed by atoms with Gasteiger partial charge in [0.2, 0.25) is 0 Å². The summed E-state index contributed by atoms with van der Waals surface area (Å²) >= 11 is 1.63. The van der Waals surface area contributed by atoms with Crippen LogP contribution in [0.4, 0.5) is 5.69 Å². The van der Waals surface area contributed by atoms with Gasteiger partial charge < -0.3 is 14.6 Å². The molecule has 1 amide bonds. The lowest BCUT2D eigenvalue weighted by Gasteiger charge is -2.14. The fraction of sp³-hybridized carbons (Fsp3) is 0.105. The van der Waals surface area contributed by atoms with Gasteiger partial charge in [0.05, 0.1) is 18.4 Å². The van der Waals surface area contributed by atoms with Crippen molar-refractivity contribution in [2.24, 2.45) is 0 Å². The summed E-state index contributed by atoms with van der Waals surface area (Å²) in [6, 6.07) is 14.5. The summed E-state index contributed by atoms with van der Waals surface area (Å²) in [6.45, 7) is 0. The van der Waals surface area contributed by atoms with Crippen LogP contribution < -0.4 is 5.32 Å². The van der Waals surface area contributed by atoms with E-state index >= 15 is 0 Å². The van der Waals surface area contributed by atoms with Gasteiger partial charge in [-0.2, -0.15) is 0 Å². The predicted octanol–water partition coefficient (Wildman–Crippen LogP) is 3.99. The summed E-state index contributed by atoms with van der Waals surface area (Å²) in [5.74, 6) is 0.265. The molecule has 3 aromatic rings. The number of rotatable bonds is 3. The Morgan fingerprint density at radius 3 is 2.77 bits per heavy atom. The van der Waals surface area contributed by atoms with E-state index in [1.807, 2.05) is 24.3 Å². The fourth-order valence-electron chi connectivity index (χ4n) is 2.82. The molecule has 0 aliphatic carbocycles. The zero-order chi connectivity index (χ0) is 18.1. The zero-order valence-electron chi connectivity index (χ0n) is 13.8. The first kappa shape index (κ1) is 16.4. The monoisotopic (exact) mass is 366 g/mol. The Hall–Kier alpha value is -3.06. The molecule has 2 aromatic carbocycles. The molecule has 2 heterocycles. The molecule has 0 unspecified atom stereocenters. The Balaban J connectivity index is 1.66. The molecule has 0 spiro atoms. The number of benzene rings is 2. The summed E-state index contributed by atoms with van der Waals surface area (Å²) < 4.78 is 10.2. The number of para-hydroxylation sites is 1. The predicted molar refractivity (Wildman–Crippen MR) is 97.2 cm³/mol. The van der Waals surface area contributed by atoms with Crippen molar-refractivity contribution in [3.63, 3.8) is 0 Å². The Kier molecular flexibility index (Phi) is 4.22. The van der Waals surface area contributed by atoms with E-state index in [1.54, 1.807) is 36.0 Å². The van der Waals surface area contributed by atoms with E-state index < -0.39 is 11.9 Å². The van der Waals surface area contributed by atoms with Gasteiger partial charge in [-0.05, 0) is 24.3 Å². The zero-order valence-corrected chi connectivity index (χ0v) is 14.6. The number of methoxy groups -OCH3 is 1. The minimum Gasteiger partial charge on any atom is -0.465 e. The number of hydrogen-bond donors (Lipinski definition) is 1. The minimum atomic E-state index is -0.521. The Morgan fingerprint density at radius 2 is 1.92 bits per heavy atom. The first-order valence-electron chi connectivity index (χ1n) is 7.88. The quantitative estimate of drug-likeness (QED) is 0.706. The summed E-state index contributed by atoms with van der Waals surface area (Å²) in [4.78, 5) is 25.7. The number of aromatic nitrogens is 1. The van der Waals surface area contributed by atoms with Crippen LogP contribution in [-0.4, -0.2) is 24.1 Å². The van der Waals surface area contributed by atoms with Crippen LogP contribution in [0.3, 0.4) is 0 Å². The van der Waals surface area contributed by atoms with Gasteiger partial charge in [0.25, 0.3) is 5.91 Å². The third-order valence-corrected chi connectivity index (χ3v) is 5.19. The second kappa shape index (κ2) is 6.68. The molecule has 7 heteroatoms. The van der Waals surface area contributed by atoms with Crippen molar-refractivity contribution >= 4 is 29.3 Å². The molecule has 1 N–H and O–H groups in total. The highest BCUT2D eigenvalue weighted by molar-refractivity contribution is 7.98. The average molecular weight is 366 g/mol. The third-order valence-electron chi connectivity index (χ3n) is 4.09. The van der Waals surface area contributed by atoms with Crippen LogP contribution in [0.2, 0.25) is 0 Å². The smallest absolute Gasteiger partial charge is 0.339 e. The maximum Gasteiger partial charge on any atom is 0.339 e. The lowest BCUT2D eigenvalue weighted by molar-refractivity contribution is 0.0602. The van der Waals surface area contributed by atoms with E-state index in [-0.39, 0.29) is 11.3 Å². The molecule has 0 atom stereocenters. The first-order chi connectivity index (χ1) is 12.7. The normalized spacial score (nSPS) is 12.0. The Morgan fingerprint density at radius 1 is 1.15 bits per heavy atom. The highest BCUT2D eigenvalue weighted by Gasteiger charge is 2.28. The van der Waals surface area contributed by atoms with Crippen LogP contribution in [0.5, 0.6) is 0 Å². The molecular weight excluding hydrogens is 352 g/mol. The number of amides is 1. The summed E-state index contributed by atoms with van der Waals surface area (Å²) in [6.07, 6.45) is 0. The minimum absolute atomic E-state index is 0.224. The van der Waals surface area contributed by atoms with Crippen LogP contribution in [0.1, 0.15) is 26.4 Å². The molecule has 4 rings (SSSR count). The summed E-state index contributed by atoms with van der Waals surface area (Å²) in [7, 11) is 1.30. The van der Waals surface area contributed by atoms with Crippen molar-refractivity contribution in [1.29, 1.82) is 0 Å². The van der Waals surface area contributed by atoms with Crippen LogP contribution in [0.15, 0.2) is 57.9 Å². The van der Waals surface area contributed by atoms with Crippen molar-refractivity contribution in [3.8, 4) is 11.3 Å². The number of fused-ring (bicyclic) bond motifs is 3. The number of nitrogens with one attached hydrogen (secondary N) is 1. The molecule has 1 aliphatic rings. The number of carbonyl (C=O) groups excluding carboxylic acids is 2. The van der Waals surface area contributed by atoms with Gasteiger partial charge in [-0.15, -0.1) is 11.8 Å². The number of carbonyl (C=O) groups is 2. The Labute approximate surface area is 153 Å². The van der Waals surface area contributed by atoms with Gasteiger partial charge in [0.15, 0.2) is 11.5 Å². The SMILES string of the molecule is COC(=O)c1ccccc1NC(=O)c1noc2c1CSc1ccccc1-2. The van der Waals surface area contributed by atoms with Crippen LogP contribution in [-0.2, 0) is 10.5 Å². The van der Waals surface area contributed by atoms with Gasteiger partial charge in [0.1, 0.15) is 0 Å². The van der Waals surface area contributed by atoms with Crippen molar-refractivity contribution < 1.29 is 18.8 Å². The van der Waals surface area contributed by atoms with Gasteiger partial charge >= 0.3 is 5.97 Å². The number of hydrogen-bond acceptors (Lipinski definition) is 6. The van der Waals surface area contributed by atoms with E-state index in [4.69, 9.17) is 9.26 Å². The molecular formula is C19H14N2O4S. The van der Waals surface area contributed by atoms with Crippen molar-refractivity contribution in [3.05, 3.63) is 65.4 Å². The second-order valence-corrected chi connectivity index (χ2v) is 6.63. The van der Waals surface area contributed by atoms with E-state index in [2.05, 4.69) is 10.5 Å². The fourth-order valence-corrected chi connectivity index (χ4v) is 3.88. The Bertz CT molecular complexity index is 1010. The maximum absolute atomic E-state index is 12.7. The molecule has 1 aliphatic heterocycles. The second-order valence-electron chi connectivity index (χ2n) is 5.61. The largest absolute Gasteiger partial charge is 0.465 e. The summed E-state index contributed by atoms with van der Waals surface area (Å²) in [5.41, 5.74) is 2.55. The van der Waals surface area contributed by atoms with Gasteiger partial charge in [-0.25, -0.2) is 4.79 Å². The van der Waals surface area contributed by atoms with Crippen LogP contribution >= 0.6 is 11.8 Å². The number of anilines is 1. The average Bonchev–Trinajstić information content (AvgIpc) is 3.12. The molecule has 0 saturated heterocycles. The highest BCUT2D eigenvalue weighted by atomic mass is 32.2. The molecule has 26 heavy (non-hydrogen) atoms.